The summed E-state index contributed by atoms with van der Waals surface area (Å²) in [5, 5.41) is 3.13. The molecule has 20 heavy (non-hydrogen) atoms. The lowest BCUT2D eigenvalue weighted by atomic mass is 10.2. The first-order valence-corrected chi connectivity index (χ1v) is 8.08. The zero-order valence-corrected chi connectivity index (χ0v) is 15.0. The molecule has 1 aromatic rings. The second-order valence-corrected chi connectivity index (χ2v) is 5.88. The van der Waals surface area contributed by atoms with Gasteiger partial charge in [0.05, 0.1) is 22.2 Å². The molecule has 0 heterocycles. The maximum absolute atomic E-state index is 11.5. The highest BCUT2D eigenvalue weighted by Crippen LogP contribution is 2.34. The summed E-state index contributed by atoms with van der Waals surface area (Å²) < 4.78 is 12.2. The average Bonchev–Trinajstić information content (AvgIpc) is 2.40. The van der Waals surface area contributed by atoms with Gasteiger partial charge in [0.25, 0.3) is 0 Å². The molecule has 1 aromatic carbocycles. The fourth-order valence-corrected chi connectivity index (χ4v) is 3.13. The second kappa shape index (κ2) is 8.64. The molecule has 0 radical (unpaired) electrons. The summed E-state index contributed by atoms with van der Waals surface area (Å²) >= 11 is 6.97. The number of halogens is 2. The van der Waals surface area contributed by atoms with Crippen LogP contribution in [0.3, 0.4) is 0 Å². The van der Waals surface area contributed by atoms with Gasteiger partial charge >= 0.3 is 5.97 Å². The quantitative estimate of drug-likeness (QED) is 0.699. The number of carbonyl (C=O) groups excluding carboxylic acids is 1. The van der Waals surface area contributed by atoms with Crippen molar-refractivity contribution in [2.75, 3.05) is 13.2 Å². The van der Waals surface area contributed by atoms with Gasteiger partial charge in [0.2, 0.25) is 0 Å². The number of esters is 1. The maximum Gasteiger partial charge on any atom is 0.322 e. The molecule has 0 aliphatic carbocycles. The molecule has 0 aliphatic heterocycles. The molecule has 0 amide bonds. The largest absolute Gasteiger partial charge is 0.492 e. The van der Waals surface area contributed by atoms with Crippen molar-refractivity contribution in [2.24, 2.45) is 0 Å². The Morgan fingerprint density at radius 3 is 2.35 bits per heavy atom. The van der Waals surface area contributed by atoms with Gasteiger partial charge in [0, 0.05) is 6.54 Å². The fraction of sp³-hybridized carbons (Fsp3) is 0.500. The molecule has 1 N–H and O–H groups in total. The molecule has 0 spiro atoms. The van der Waals surface area contributed by atoms with Gasteiger partial charge in [-0.2, -0.15) is 0 Å². The SMILES string of the molecule is CCOC(=O)C(C)NCc1cc(Br)c(OCC)c(Br)c1. The van der Waals surface area contributed by atoms with Gasteiger partial charge < -0.3 is 14.8 Å². The summed E-state index contributed by atoms with van der Waals surface area (Å²) in [5.41, 5.74) is 1.04. The summed E-state index contributed by atoms with van der Waals surface area (Å²) in [6.07, 6.45) is 0. The van der Waals surface area contributed by atoms with E-state index in [-0.39, 0.29) is 12.0 Å². The molecule has 1 atom stereocenters. The smallest absolute Gasteiger partial charge is 0.322 e. The van der Waals surface area contributed by atoms with E-state index in [0.717, 1.165) is 20.3 Å². The van der Waals surface area contributed by atoms with Gasteiger partial charge in [-0.1, -0.05) is 0 Å². The van der Waals surface area contributed by atoms with E-state index in [1.165, 1.54) is 0 Å². The van der Waals surface area contributed by atoms with Crippen LogP contribution in [0.4, 0.5) is 0 Å². The van der Waals surface area contributed by atoms with Gasteiger partial charge in [-0.05, 0) is 70.3 Å². The average molecular weight is 409 g/mol. The van der Waals surface area contributed by atoms with Gasteiger partial charge in [0.15, 0.2) is 0 Å². The second-order valence-electron chi connectivity index (χ2n) is 4.18. The molecule has 1 unspecified atom stereocenters. The van der Waals surface area contributed by atoms with E-state index in [2.05, 4.69) is 37.2 Å². The summed E-state index contributed by atoms with van der Waals surface area (Å²) in [7, 11) is 0. The van der Waals surface area contributed by atoms with Crippen molar-refractivity contribution in [1.82, 2.24) is 5.32 Å². The Balaban J connectivity index is 2.67. The van der Waals surface area contributed by atoms with Crippen LogP contribution in [0.5, 0.6) is 5.75 Å². The summed E-state index contributed by atoms with van der Waals surface area (Å²) in [6, 6.07) is 3.61. The molecule has 0 aromatic heterocycles. The minimum absolute atomic E-state index is 0.239. The van der Waals surface area contributed by atoms with Crippen LogP contribution in [0.2, 0.25) is 0 Å². The van der Waals surface area contributed by atoms with E-state index < -0.39 is 0 Å². The summed E-state index contributed by atoms with van der Waals surface area (Å²) in [6.45, 7) is 7.10. The highest BCUT2D eigenvalue weighted by atomic mass is 79.9. The molecule has 0 saturated carbocycles. The number of ether oxygens (including phenoxy) is 2. The van der Waals surface area contributed by atoms with E-state index in [1.54, 1.807) is 13.8 Å². The van der Waals surface area contributed by atoms with Crippen molar-refractivity contribution in [1.29, 1.82) is 0 Å². The standard InChI is InChI=1S/C14H19Br2NO3/c1-4-19-13-11(15)6-10(7-12(13)16)8-17-9(3)14(18)20-5-2/h6-7,9,17H,4-5,8H2,1-3H3. The van der Waals surface area contributed by atoms with Gasteiger partial charge in [-0.15, -0.1) is 0 Å². The monoisotopic (exact) mass is 407 g/mol. The van der Waals surface area contributed by atoms with Crippen LogP contribution >= 0.6 is 31.9 Å². The van der Waals surface area contributed by atoms with E-state index in [9.17, 15) is 4.79 Å². The molecule has 0 aliphatic rings. The molecular weight excluding hydrogens is 390 g/mol. The van der Waals surface area contributed by atoms with Crippen molar-refractivity contribution < 1.29 is 14.3 Å². The van der Waals surface area contributed by atoms with Gasteiger partial charge in [-0.3, -0.25) is 4.79 Å². The maximum atomic E-state index is 11.5. The number of benzene rings is 1. The minimum Gasteiger partial charge on any atom is -0.492 e. The van der Waals surface area contributed by atoms with Crippen LogP contribution in [-0.4, -0.2) is 25.2 Å². The van der Waals surface area contributed by atoms with Crippen molar-refractivity contribution in [2.45, 2.75) is 33.4 Å². The van der Waals surface area contributed by atoms with Gasteiger partial charge in [0.1, 0.15) is 11.8 Å². The number of hydrogen-bond acceptors (Lipinski definition) is 4. The Morgan fingerprint density at radius 2 is 1.85 bits per heavy atom. The summed E-state index contributed by atoms with van der Waals surface area (Å²) in [4.78, 5) is 11.5. The third kappa shape index (κ3) is 5.07. The van der Waals surface area contributed by atoms with Crippen LogP contribution in [0, 0.1) is 0 Å². The van der Waals surface area contributed by atoms with Crippen LogP contribution < -0.4 is 10.1 Å². The van der Waals surface area contributed by atoms with Crippen LogP contribution in [0.25, 0.3) is 0 Å². The first-order chi connectivity index (χ1) is 9.49. The molecule has 0 fully saturated rings. The molecule has 1 rings (SSSR count). The highest BCUT2D eigenvalue weighted by molar-refractivity contribution is 9.11. The predicted molar refractivity (Wildman–Crippen MR) is 85.9 cm³/mol. The van der Waals surface area contributed by atoms with E-state index >= 15 is 0 Å². The Labute approximate surface area is 136 Å². The molecular formula is C14H19Br2NO3. The predicted octanol–water partition coefficient (Wildman–Crippen LogP) is 3.65. The number of carbonyl (C=O) groups is 1. The van der Waals surface area contributed by atoms with E-state index in [1.807, 2.05) is 19.1 Å². The molecule has 0 saturated heterocycles. The molecule has 0 bridgehead atoms. The number of hydrogen-bond donors (Lipinski definition) is 1. The topological polar surface area (TPSA) is 47.6 Å². The van der Waals surface area contributed by atoms with E-state index in [0.29, 0.717) is 19.8 Å². The van der Waals surface area contributed by atoms with Crippen molar-refractivity contribution >= 4 is 37.8 Å². The highest BCUT2D eigenvalue weighted by Gasteiger charge is 2.14. The Bertz CT molecular complexity index is 443. The first kappa shape index (κ1) is 17.5. The number of rotatable bonds is 7. The van der Waals surface area contributed by atoms with Gasteiger partial charge in [-0.25, -0.2) is 0 Å². The van der Waals surface area contributed by atoms with Crippen molar-refractivity contribution in [3.05, 3.63) is 26.6 Å². The fourth-order valence-electron chi connectivity index (χ4n) is 1.62. The molecule has 6 heteroatoms. The normalized spacial score (nSPS) is 12.1. The lowest BCUT2D eigenvalue weighted by Gasteiger charge is -2.14. The summed E-state index contributed by atoms with van der Waals surface area (Å²) in [5.74, 6) is 0.547. The number of nitrogens with one attached hydrogen (secondary N) is 1. The minimum atomic E-state index is -0.334. The van der Waals surface area contributed by atoms with Crippen LogP contribution in [0.15, 0.2) is 21.1 Å². The van der Waals surface area contributed by atoms with Crippen LogP contribution in [0.1, 0.15) is 26.3 Å². The third-order valence-corrected chi connectivity index (χ3v) is 3.78. The van der Waals surface area contributed by atoms with E-state index in [4.69, 9.17) is 9.47 Å². The van der Waals surface area contributed by atoms with Crippen molar-refractivity contribution in [3.8, 4) is 5.75 Å². The Kier molecular flexibility index (Phi) is 7.55. The zero-order chi connectivity index (χ0) is 15.1. The lowest BCUT2D eigenvalue weighted by molar-refractivity contribution is -0.145. The van der Waals surface area contributed by atoms with Crippen LogP contribution in [-0.2, 0) is 16.1 Å². The van der Waals surface area contributed by atoms with Crippen molar-refractivity contribution in [3.63, 3.8) is 0 Å². The Hall–Kier alpha value is -0.590. The zero-order valence-electron chi connectivity index (χ0n) is 11.8. The first-order valence-electron chi connectivity index (χ1n) is 6.50. The molecule has 4 nitrogen and oxygen atoms in total. The molecule has 112 valence electrons. The lowest BCUT2D eigenvalue weighted by Crippen LogP contribution is -2.34. The third-order valence-electron chi connectivity index (χ3n) is 2.60. The Morgan fingerprint density at radius 1 is 1.25 bits per heavy atom.